The third kappa shape index (κ3) is 6.15. The molecular formula is C35H35F5N8O3. The van der Waals surface area contributed by atoms with Crippen LogP contribution < -0.4 is 10.1 Å². The second kappa shape index (κ2) is 13.2. The zero-order chi connectivity index (χ0) is 36.2. The van der Waals surface area contributed by atoms with Crippen molar-refractivity contribution in [3.05, 3.63) is 65.1 Å². The Morgan fingerprint density at radius 3 is 2.75 bits per heavy atom. The molecule has 5 heterocycles. The summed E-state index contributed by atoms with van der Waals surface area (Å²) < 4.78 is 80.7. The van der Waals surface area contributed by atoms with Crippen LogP contribution in [0.2, 0.25) is 0 Å². The Labute approximate surface area is 289 Å². The quantitative estimate of drug-likeness (QED) is 0.162. The lowest BCUT2D eigenvalue weighted by atomic mass is 9.94. The number of carbonyl (C=O) groups excluding carboxylic acids is 1. The van der Waals surface area contributed by atoms with Gasteiger partial charge in [0.1, 0.15) is 41.4 Å². The first kappa shape index (κ1) is 34.3. The summed E-state index contributed by atoms with van der Waals surface area (Å²) in [6.45, 7) is -0.595. The minimum atomic E-state index is -3.07. The first-order chi connectivity index (χ1) is 24.4. The number of amides is 1. The molecule has 2 N–H and O–H groups in total. The predicted octanol–water partition coefficient (Wildman–Crippen LogP) is 6.25. The summed E-state index contributed by atoms with van der Waals surface area (Å²) in [7, 11) is 2.93. The van der Waals surface area contributed by atoms with Gasteiger partial charge in [-0.25, -0.2) is 17.9 Å². The predicted molar refractivity (Wildman–Crippen MR) is 179 cm³/mol. The smallest absolute Gasteiger partial charge is 0.333 e. The summed E-state index contributed by atoms with van der Waals surface area (Å²) in [5.41, 5.74) is -0.864. The van der Waals surface area contributed by atoms with Gasteiger partial charge in [-0.2, -0.15) is 23.8 Å². The molecule has 16 heteroatoms. The molecule has 2 aliphatic rings. The number of hydrogen-bond acceptors (Lipinski definition) is 9. The van der Waals surface area contributed by atoms with Gasteiger partial charge in [-0.05, 0) is 66.4 Å². The molecule has 51 heavy (non-hydrogen) atoms. The molecule has 5 aromatic rings. The topological polar surface area (TPSA) is 122 Å². The van der Waals surface area contributed by atoms with E-state index < -0.39 is 35.8 Å². The zero-order valence-electron chi connectivity index (χ0n) is 28.1. The van der Waals surface area contributed by atoms with Gasteiger partial charge in [0.05, 0.1) is 23.2 Å². The van der Waals surface area contributed by atoms with E-state index >= 15 is 4.39 Å². The number of rotatable bonds is 10. The lowest BCUT2D eigenvalue weighted by Crippen LogP contribution is -2.43. The first-order valence-electron chi connectivity index (χ1n) is 16.5. The van der Waals surface area contributed by atoms with Gasteiger partial charge >= 0.3 is 12.6 Å². The second-order valence-electron chi connectivity index (χ2n) is 13.2. The van der Waals surface area contributed by atoms with Gasteiger partial charge in [-0.3, -0.25) is 14.7 Å². The Balaban J connectivity index is 1.33. The number of phenols is 1. The molecule has 0 radical (unpaired) electrons. The van der Waals surface area contributed by atoms with Crippen molar-refractivity contribution in [2.24, 2.45) is 0 Å². The highest BCUT2D eigenvalue weighted by Crippen LogP contribution is 2.41. The van der Waals surface area contributed by atoms with Crippen LogP contribution in [-0.4, -0.2) is 91.0 Å². The lowest BCUT2D eigenvalue weighted by Gasteiger charge is -2.30. The molecular weight excluding hydrogens is 675 g/mol. The fourth-order valence-corrected chi connectivity index (χ4v) is 7.35. The van der Waals surface area contributed by atoms with Crippen molar-refractivity contribution in [2.45, 2.75) is 57.4 Å². The Morgan fingerprint density at radius 2 is 2.00 bits per heavy atom. The van der Waals surface area contributed by atoms with Crippen molar-refractivity contribution in [2.75, 3.05) is 39.1 Å². The standard InChI is InChI=1S/C35H35F5N8O3/c1-4-22-25(37)7-6-18-10-21(49)12-23(27(18)22)29-28(38)30-24(15-41-29)31(42-14-20-11-26(32(50)46(2)3)45-48(20)33(39)40)44-34(43-30)51-17-35-8-5-9-47(35)16-19(36)13-35/h6-7,10-12,15,19,33,49H,4-5,8-9,13-14,16-17H2,1-3H3,(H,42,43,44)/t19-,35+/m1/s1. The van der Waals surface area contributed by atoms with E-state index in [-0.39, 0.29) is 83.7 Å². The number of aryl methyl sites for hydroxylation is 1. The molecule has 0 bridgehead atoms. The van der Waals surface area contributed by atoms with Crippen molar-refractivity contribution >= 4 is 33.4 Å². The summed E-state index contributed by atoms with van der Waals surface area (Å²) in [6.07, 6.45) is 2.36. The van der Waals surface area contributed by atoms with Crippen LogP contribution in [-0.2, 0) is 13.0 Å². The minimum absolute atomic E-state index is 0.0212. The Kier molecular flexibility index (Phi) is 8.89. The van der Waals surface area contributed by atoms with E-state index in [4.69, 9.17) is 4.74 Å². The van der Waals surface area contributed by atoms with Gasteiger partial charge in [0.25, 0.3) is 5.91 Å². The molecule has 0 spiro atoms. The zero-order valence-corrected chi connectivity index (χ0v) is 28.1. The third-order valence-electron chi connectivity index (χ3n) is 9.72. The molecule has 2 fully saturated rings. The number of hydrogen-bond donors (Lipinski definition) is 2. The van der Waals surface area contributed by atoms with Crippen LogP contribution in [0, 0.1) is 11.6 Å². The maximum atomic E-state index is 16.8. The summed E-state index contributed by atoms with van der Waals surface area (Å²) in [5.74, 6) is -2.21. The number of carbonyl (C=O) groups is 1. The van der Waals surface area contributed by atoms with Gasteiger partial charge in [0.15, 0.2) is 11.5 Å². The summed E-state index contributed by atoms with van der Waals surface area (Å²) in [4.78, 5) is 28.9. The third-order valence-corrected chi connectivity index (χ3v) is 9.72. The van der Waals surface area contributed by atoms with Crippen LogP contribution >= 0.6 is 0 Å². The van der Waals surface area contributed by atoms with Crippen molar-refractivity contribution in [3.63, 3.8) is 0 Å². The van der Waals surface area contributed by atoms with Gasteiger partial charge in [0.2, 0.25) is 0 Å². The van der Waals surface area contributed by atoms with E-state index in [2.05, 4.69) is 25.4 Å². The van der Waals surface area contributed by atoms with E-state index in [9.17, 15) is 27.5 Å². The van der Waals surface area contributed by atoms with Crippen molar-refractivity contribution < 1.29 is 36.6 Å². The fourth-order valence-electron chi connectivity index (χ4n) is 7.35. The van der Waals surface area contributed by atoms with Gasteiger partial charge in [-0.1, -0.05) is 13.0 Å². The van der Waals surface area contributed by atoms with Gasteiger partial charge < -0.3 is 20.1 Å². The molecule has 11 nitrogen and oxygen atoms in total. The van der Waals surface area contributed by atoms with Crippen LogP contribution in [0.1, 0.15) is 54.5 Å². The monoisotopic (exact) mass is 710 g/mol. The number of phenolic OH excluding ortho intramolecular Hbond substituents is 1. The molecule has 0 unspecified atom stereocenters. The number of nitrogens with zero attached hydrogens (tertiary/aromatic N) is 7. The maximum Gasteiger partial charge on any atom is 0.333 e. The van der Waals surface area contributed by atoms with Crippen LogP contribution in [0.4, 0.5) is 27.8 Å². The summed E-state index contributed by atoms with van der Waals surface area (Å²) >= 11 is 0. The highest BCUT2D eigenvalue weighted by molar-refractivity contribution is 6.01. The number of aromatic nitrogens is 5. The number of aromatic hydroxyl groups is 1. The number of benzene rings is 2. The van der Waals surface area contributed by atoms with Crippen molar-refractivity contribution in [3.8, 4) is 23.0 Å². The summed E-state index contributed by atoms with van der Waals surface area (Å²) in [6, 6.07) is 6.48. The average molecular weight is 711 g/mol. The molecule has 3 aromatic heterocycles. The molecule has 2 saturated heterocycles. The van der Waals surface area contributed by atoms with Crippen LogP contribution in [0.3, 0.4) is 0 Å². The number of nitrogens with one attached hydrogen (secondary N) is 1. The van der Waals surface area contributed by atoms with E-state index in [1.807, 2.05) is 4.90 Å². The Morgan fingerprint density at radius 1 is 1.20 bits per heavy atom. The Bertz CT molecular complexity index is 2160. The fraction of sp³-hybridized carbons (Fsp3) is 0.400. The molecule has 1 amide bonds. The number of anilines is 1. The average Bonchev–Trinajstić information content (AvgIpc) is 3.78. The first-order valence-corrected chi connectivity index (χ1v) is 16.5. The van der Waals surface area contributed by atoms with Crippen molar-refractivity contribution in [1.82, 2.24) is 34.5 Å². The molecule has 7 rings (SSSR count). The maximum absolute atomic E-state index is 16.8. The highest BCUT2D eigenvalue weighted by atomic mass is 19.3. The van der Waals surface area contributed by atoms with E-state index in [1.54, 1.807) is 6.92 Å². The van der Waals surface area contributed by atoms with E-state index in [1.165, 1.54) is 55.5 Å². The normalized spacial score (nSPS) is 19.0. The lowest BCUT2D eigenvalue weighted by molar-refractivity contribution is 0.0528. The van der Waals surface area contributed by atoms with E-state index in [0.29, 0.717) is 34.0 Å². The molecule has 2 aromatic carbocycles. The molecule has 2 aliphatic heterocycles. The number of halogens is 5. The number of alkyl halides is 3. The SMILES string of the molecule is CCc1c(F)ccc2cc(O)cc(-c3ncc4c(NCc5cc(C(=O)N(C)C)nn5C(F)F)nc(OC[C@@]56CCCN5C[C@H](F)C6)nc4c3F)c12. The van der Waals surface area contributed by atoms with Crippen molar-refractivity contribution in [1.29, 1.82) is 0 Å². The van der Waals surface area contributed by atoms with Gasteiger partial charge in [-0.15, -0.1) is 0 Å². The van der Waals surface area contributed by atoms with Crippen LogP contribution in [0.15, 0.2) is 36.5 Å². The Hall–Kier alpha value is -5.12. The number of ether oxygens (including phenoxy) is 1. The molecule has 0 aliphatic carbocycles. The molecule has 2 atom stereocenters. The largest absolute Gasteiger partial charge is 0.508 e. The highest BCUT2D eigenvalue weighted by Gasteiger charge is 2.49. The minimum Gasteiger partial charge on any atom is -0.508 e. The second-order valence-corrected chi connectivity index (χ2v) is 13.2. The number of fused-ring (bicyclic) bond motifs is 3. The number of pyridine rings is 1. The summed E-state index contributed by atoms with van der Waals surface area (Å²) in [5, 5.41) is 18.2. The molecule has 268 valence electrons. The van der Waals surface area contributed by atoms with E-state index in [0.717, 1.165) is 6.42 Å². The molecule has 0 saturated carbocycles. The van der Waals surface area contributed by atoms with Crippen LogP contribution in [0.25, 0.3) is 32.9 Å². The van der Waals surface area contributed by atoms with Gasteiger partial charge in [0, 0.05) is 38.8 Å². The van der Waals surface area contributed by atoms with Crippen LogP contribution in [0.5, 0.6) is 11.8 Å².